The Morgan fingerprint density at radius 2 is 0.924 bits per heavy atom. The van der Waals surface area contributed by atoms with Gasteiger partial charge < -0.3 is 37.2 Å². The molecule has 10 aromatic heterocycles. The molecule has 10 aliphatic rings. The number of aromatic nitrogens is 9. The van der Waals surface area contributed by atoms with E-state index in [9.17, 15) is 0 Å². The normalized spacial score (nSPS) is 13.9. The number of anilines is 1. The first-order valence-corrected chi connectivity index (χ1v) is 44.3. The maximum Gasteiger partial charge on any atom is 0.245 e. The van der Waals surface area contributed by atoms with Gasteiger partial charge in [-0.15, -0.1) is 22.7 Å². The van der Waals surface area contributed by atoms with E-state index in [0.29, 0.717) is 19.1 Å². The van der Waals surface area contributed by atoms with E-state index in [1.54, 1.807) is 83.6 Å². The summed E-state index contributed by atoms with van der Waals surface area (Å²) >= 11 is 3.68. The molecule has 131 heavy (non-hydrogen) atoms. The largest absolute Gasteiger partial charge is 0.485 e. The molecule has 1 N–H and O–H groups in total. The molecule has 10 aromatic rings. The summed E-state index contributed by atoms with van der Waals surface area (Å²) in [4.78, 5) is 40.8. The Bertz CT molecular complexity index is 5230. The minimum atomic E-state index is 0. The molecule has 0 aromatic carbocycles. The molecule has 0 radical (unpaired) electrons. The first kappa shape index (κ1) is 118. The zero-order valence-corrected chi connectivity index (χ0v) is 76.5. The molecule has 0 unspecified atom stereocenters. The van der Waals surface area contributed by atoms with E-state index in [4.69, 9.17) is 31.9 Å². The lowest BCUT2D eigenvalue weighted by molar-refractivity contribution is 0.127. The van der Waals surface area contributed by atoms with Crippen molar-refractivity contribution in [1.29, 1.82) is 0 Å². The van der Waals surface area contributed by atoms with Gasteiger partial charge in [0.05, 0.1) is 59.1 Å². The van der Waals surface area contributed by atoms with Crippen LogP contribution in [0, 0.1) is 0 Å². The summed E-state index contributed by atoms with van der Waals surface area (Å²) < 4.78 is 37.3. The quantitative estimate of drug-likeness (QED) is 0.150. The van der Waals surface area contributed by atoms with Crippen LogP contribution in [0.2, 0.25) is 0 Å². The molecule has 6 aliphatic carbocycles. The number of rotatable bonds is 0. The van der Waals surface area contributed by atoms with Crippen LogP contribution in [0.15, 0.2) is 214 Å². The van der Waals surface area contributed by atoms with Crippen molar-refractivity contribution in [2.75, 3.05) is 18.5 Å². The lowest BCUT2D eigenvalue weighted by Crippen LogP contribution is -2.07. The van der Waals surface area contributed by atoms with E-state index in [1.807, 2.05) is 67.4 Å². The van der Waals surface area contributed by atoms with E-state index in [-0.39, 0.29) is 74.3 Å². The molecular formula is C112H162N10O7S2. The number of thiophene rings is 1. The highest BCUT2D eigenvalue weighted by Crippen LogP contribution is 2.41. The molecule has 20 rings (SSSR count). The highest BCUT2D eigenvalue weighted by Gasteiger charge is 2.26. The summed E-state index contributed by atoms with van der Waals surface area (Å²) in [5.74, 6) is 6.51. The van der Waals surface area contributed by atoms with Crippen molar-refractivity contribution in [2.24, 2.45) is 0 Å². The first-order chi connectivity index (χ1) is 58.4. The number of nitrogens with zero attached hydrogens (tertiary/aromatic N) is 9. The van der Waals surface area contributed by atoms with Crippen LogP contribution >= 0.6 is 22.7 Å². The number of hydrogen-bond acceptors (Lipinski definition) is 19. The Balaban J connectivity index is 0.000000722. The van der Waals surface area contributed by atoms with Gasteiger partial charge in [-0.05, 0) is 350 Å². The van der Waals surface area contributed by atoms with Crippen molar-refractivity contribution in [3.63, 3.8) is 0 Å². The van der Waals surface area contributed by atoms with E-state index < -0.39 is 0 Å². The summed E-state index contributed by atoms with van der Waals surface area (Å²) in [6, 6.07) is 14.7. The molecular weight excluding hydrogens is 1660 g/mol. The number of pyridine rings is 2. The minimum Gasteiger partial charge on any atom is -0.485 e. The predicted octanol–water partition coefficient (Wildman–Crippen LogP) is 34.2. The third kappa shape index (κ3) is 30.8. The molecule has 0 amide bonds. The molecule has 0 saturated heterocycles. The monoisotopic (exact) mass is 1820 g/mol. The van der Waals surface area contributed by atoms with E-state index in [1.165, 1.54) is 216 Å². The maximum absolute atomic E-state index is 5.47. The third-order valence-electron chi connectivity index (χ3n) is 22.3. The topological polar surface area (TPSA) is 208 Å². The highest BCUT2D eigenvalue weighted by atomic mass is 32.1. The second kappa shape index (κ2) is 57.3. The van der Waals surface area contributed by atoms with Gasteiger partial charge in [-0.2, -0.15) is 0 Å². The van der Waals surface area contributed by atoms with Crippen LogP contribution in [0.5, 0.6) is 11.6 Å². The summed E-state index contributed by atoms with van der Waals surface area (Å²) in [6.07, 6.45) is 43.6. The molecule has 0 spiro atoms. The van der Waals surface area contributed by atoms with Gasteiger partial charge in [0, 0.05) is 64.6 Å². The Morgan fingerprint density at radius 3 is 1.60 bits per heavy atom. The molecule has 19 heteroatoms. The summed E-state index contributed by atoms with van der Waals surface area (Å²) in [5.41, 5.74) is 42.4. The minimum absolute atomic E-state index is 0. The molecule has 0 atom stereocenters. The number of hydrogen-bond donors (Lipinski definition) is 1. The van der Waals surface area contributed by atoms with Gasteiger partial charge in [-0.3, -0.25) is 4.98 Å². The van der Waals surface area contributed by atoms with Crippen LogP contribution in [0.4, 0.5) is 5.82 Å². The van der Waals surface area contributed by atoms with Crippen molar-refractivity contribution in [2.45, 2.75) is 322 Å². The van der Waals surface area contributed by atoms with Gasteiger partial charge in [0.25, 0.3) is 0 Å². The first-order valence-electron chi connectivity index (χ1n) is 42.5. The Morgan fingerprint density at radius 1 is 0.359 bits per heavy atom. The molecule has 0 bridgehead atoms. The van der Waals surface area contributed by atoms with Gasteiger partial charge in [0.15, 0.2) is 24.3 Å². The van der Waals surface area contributed by atoms with Crippen LogP contribution in [0.25, 0.3) is 55.7 Å². The lowest BCUT2D eigenvalue weighted by Gasteiger charge is -2.18. The predicted molar refractivity (Wildman–Crippen MR) is 565 cm³/mol. The van der Waals surface area contributed by atoms with Gasteiger partial charge in [0.1, 0.15) is 59.7 Å². The summed E-state index contributed by atoms with van der Waals surface area (Å²) in [6.45, 7) is 44.6. The average Bonchev–Trinajstić information content (AvgIpc) is 1.69. The average molecular weight is 1820 g/mol. The fourth-order valence-electron chi connectivity index (χ4n) is 15.9. The number of fused-ring (bicyclic) bond motifs is 10. The number of thiazole rings is 1. The van der Waals surface area contributed by atoms with E-state index in [2.05, 4.69) is 211 Å². The van der Waals surface area contributed by atoms with Crippen LogP contribution in [0.1, 0.15) is 372 Å². The lowest BCUT2D eigenvalue weighted by atomic mass is 9.89. The zero-order chi connectivity index (χ0) is 86.2. The molecule has 17 nitrogen and oxygen atoms in total. The number of nitrogens with one attached hydrogen (secondary N) is 1. The van der Waals surface area contributed by atoms with Gasteiger partial charge in [-0.1, -0.05) is 136 Å². The molecule has 0 fully saturated rings. The Labute approximate surface area is 799 Å². The molecule has 0 saturated carbocycles. The standard InChI is InChI=1S/C12H15N.C11H12N2.C11H14O.C11H14S.C10H10N2O.C10H13NO.C10H12O2.C9H10N2O.C9H11NO.C9H11NS.10CH4/c1-9(2)11-7-3-5-10-6-4-8-13-12(10)11;1-8(2)9-5-7-13-11-10(9)4-3-6-12-11;2*1-8(2)10-5-3-4-9-6-7-12-11(9)10;1-7(2)8-3-6-13-10-9(8)11-4-5-12-10;1-7(2)8-4-3-5-9-10(8)11-6-12-9;1-7(2)9-5-11-6-10-8(9)3-4-12-10;1-6(2)7-4-12-8-3-10-5-11-9(7)8;2*1-6(2)7-3-4-8-9(7)11-5-10-8;;;;;;;;;;/h4,6,8H,3,5,7H2,1-2H3;3-7H,1-2H3,(H,12,13);2*6-7H,3-5H2,1-2H3;3-6H,1-2H3;6H,3-5H2,1-2H3;3-4H,5-6H2,1-2H3;3,5H,4H2,1-2H3;2*5H,3-4H2,1-2H3;10*1H4. The fourth-order valence-corrected chi connectivity index (χ4v) is 18.0. The fraction of sp³-hybridized carbons (Fsp3) is 0.438. The summed E-state index contributed by atoms with van der Waals surface area (Å²) in [7, 11) is 0. The molecule has 714 valence electrons. The van der Waals surface area contributed by atoms with Crippen LogP contribution in [0.3, 0.4) is 0 Å². The van der Waals surface area contributed by atoms with Crippen LogP contribution in [-0.4, -0.2) is 58.1 Å². The Hall–Kier alpha value is -11.0. The van der Waals surface area contributed by atoms with Crippen molar-refractivity contribution >= 4 is 84.2 Å². The third-order valence-corrected chi connectivity index (χ3v) is 24.3. The van der Waals surface area contributed by atoms with Crippen molar-refractivity contribution in [3.8, 4) is 11.6 Å². The number of oxazole rings is 2. The van der Waals surface area contributed by atoms with Crippen molar-refractivity contribution < 1.29 is 31.9 Å². The zero-order valence-electron chi connectivity index (χ0n) is 74.9. The van der Waals surface area contributed by atoms with E-state index in [0.717, 1.165) is 102 Å². The molecule has 4 aliphatic heterocycles. The number of ether oxygens (including phenoxy) is 3. The molecule has 14 heterocycles. The van der Waals surface area contributed by atoms with Gasteiger partial charge >= 0.3 is 0 Å². The SMILES string of the molecule is C.C.C.C.C.C.C.C.C.C.CC(C)=C1C=CNc2ncccc21.CC(C)=C1C=COc2nccnc21.CC(C)=C1CCCc2cccnc21.CC(C)=C1CCCc2ccoc21.CC(C)=C1CCCc2ccsc21.CC(C)=C1CCCc2ocnc21.CC(C)=C1CCc2ncoc21.CC(C)=C1CCc2ncsc21.CC(C)=C1COCc2occc21.CC(C)=C1COc2cncnc21. The second-order valence-corrected chi connectivity index (χ2v) is 35.1. The summed E-state index contributed by atoms with van der Waals surface area (Å²) in [5, 5.41) is 5.34. The van der Waals surface area contributed by atoms with Crippen molar-refractivity contribution in [3.05, 3.63) is 291 Å². The van der Waals surface area contributed by atoms with E-state index >= 15 is 0 Å². The van der Waals surface area contributed by atoms with Crippen LogP contribution in [-0.2, 0) is 49.9 Å². The van der Waals surface area contributed by atoms with Crippen molar-refractivity contribution in [1.82, 2.24) is 44.9 Å². The maximum atomic E-state index is 5.47. The van der Waals surface area contributed by atoms with Gasteiger partial charge in [0.2, 0.25) is 5.88 Å². The number of aryl methyl sites for hydroxylation is 6. The highest BCUT2D eigenvalue weighted by molar-refractivity contribution is 7.11. The number of allylic oxidation sites excluding steroid dienone is 20. The number of furan rings is 2. The smallest absolute Gasteiger partial charge is 0.245 e. The van der Waals surface area contributed by atoms with Crippen LogP contribution < -0.4 is 14.8 Å². The second-order valence-electron chi connectivity index (χ2n) is 33.3. The Kier molecular flexibility index (Phi) is 51.7. The van der Waals surface area contributed by atoms with Gasteiger partial charge in [-0.25, -0.2) is 39.9 Å².